The fourth-order valence-electron chi connectivity index (χ4n) is 5.73. The monoisotopic (exact) mass is 587 g/mol. The largest absolute Gasteiger partial charge is 0.462 e. The predicted molar refractivity (Wildman–Crippen MR) is 133 cm³/mol. The van der Waals surface area contributed by atoms with Gasteiger partial charge in [0.25, 0.3) is 5.91 Å². The molecule has 0 radical (unpaired) electrons. The zero-order valence-corrected chi connectivity index (χ0v) is 22.5. The highest BCUT2D eigenvalue weighted by atomic mass is 35.5. The molecule has 0 spiro atoms. The summed E-state index contributed by atoms with van der Waals surface area (Å²) < 4.78 is 78.8. The predicted octanol–water partition coefficient (Wildman–Crippen LogP) is 4.84. The van der Waals surface area contributed by atoms with Crippen molar-refractivity contribution in [3.05, 3.63) is 58.4 Å². The van der Waals surface area contributed by atoms with E-state index in [1.807, 2.05) is 0 Å². The minimum absolute atomic E-state index is 0.124. The molecule has 4 atom stereocenters. The van der Waals surface area contributed by atoms with Crippen LogP contribution in [0.1, 0.15) is 49.9 Å². The first-order chi connectivity index (χ1) is 18.2. The van der Waals surface area contributed by atoms with Gasteiger partial charge in [0.1, 0.15) is 12.2 Å². The number of carbonyl (C=O) groups excluding carboxylic acids is 3. The maximum Gasteiger partial charge on any atom is 0.303 e. The Bertz CT molecular complexity index is 1410. The first-order valence-corrected chi connectivity index (χ1v) is 14.0. The van der Waals surface area contributed by atoms with Crippen LogP contribution in [0.15, 0.2) is 35.2 Å². The van der Waals surface area contributed by atoms with Crippen LogP contribution >= 0.6 is 11.6 Å². The smallest absolute Gasteiger partial charge is 0.303 e. The zero-order chi connectivity index (χ0) is 28.7. The second-order valence-corrected chi connectivity index (χ2v) is 12.4. The molecule has 2 bridgehead atoms. The molecular weight excluding hydrogens is 563 g/mol. The fraction of sp³-hybridized carbons (Fsp3) is 0.423. The normalized spacial score (nSPS) is 24.2. The lowest BCUT2D eigenvalue weighted by atomic mass is 9.77. The van der Waals surface area contributed by atoms with Crippen LogP contribution in [-0.2, 0) is 28.9 Å². The Kier molecular flexibility index (Phi) is 8.00. The lowest BCUT2D eigenvalue weighted by molar-refractivity contribution is -0.177. The molecule has 2 aliphatic carbocycles. The van der Waals surface area contributed by atoms with E-state index in [0.717, 1.165) is 6.07 Å². The van der Waals surface area contributed by atoms with Gasteiger partial charge in [-0.2, -0.15) is 0 Å². The zero-order valence-electron chi connectivity index (χ0n) is 20.9. The molecule has 1 amide bonds. The van der Waals surface area contributed by atoms with E-state index in [4.69, 9.17) is 21.1 Å². The van der Waals surface area contributed by atoms with Crippen molar-refractivity contribution in [2.45, 2.75) is 55.3 Å². The highest BCUT2D eigenvalue weighted by Crippen LogP contribution is 2.52. The lowest BCUT2D eigenvalue weighted by Gasteiger charge is -2.42. The highest BCUT2D eigenvalue weighted by Gasteiger charge is 2.56. The number of rotatable bonds is 7. The quantitative estimate of drug-likeness (QED) is 0.364. The maximum atomic E-state index is 13.9. The molecule has 1 unspecified atom stereocenters. The standard InChI is InChI=1S/C26H25ClF3NO7S/c1-13(32)37-12-26(38-14(2)33)10-16-3-4-17(11-26)24(16)39(35,36)22-7-15(5-6-19(22)27)25(34)31-18-8-20(28)23(30)21(29)9-18/h5-9,16-17,24H,3-4,10-12H2,1-2H3,(H,31,34)/t16-,17?,24+,26+/m0/s1. The number of hydrogen-bond donors (Lipinski definition) is 1. The van der Waals surface area contributed by atoms with E-state index in [2.05, 4.69) is 5.32 Å². The molecule has 8 nitrogen and oxygen atoms in total. The molecule has 0 aliphatic heterocycles. The number of anilines is 1. The summed E-state index contributed by atoms with van der Waals surface area (Å²) in [6.07, 6.45) is 1.35. The van der Waals surface area contributed by atoms with Crippen LogP contribution < -0.4 is 5.32 Å². The van der Waals surface area contributed by atoms with E-state index < -0.39 is 67.8 Å². The van der Waals surface area contributed by atoms with Crippen LogP contribution in [0.3, 0.4) is 0 Å². The Labute approximate surface area is 227 Å². The Balaban J connectivity index is 1.61. The van der Waals surface area contributed by atoms with Gasteiger partial charge in [-0.25, -0.2) is 21.6 Å². The van der Waals surface area contributed by atoms with Crippen molar-refractivity contribution in [1.82, 2.24) is 0 Å². The number of esters is 2. The first kappa shape index (κ1) is 28.9. The van der Waals surface area contributed by atoms with Crippen molar-refractivity contribution in [1.29, 1.82) is 0 Å². The van der Waals surface area contributed by atoms with Crippen molar-refractivity contribution < 1.29 is 45.4 Å². The number of ether oxygens (including phenoxy) is 2. The SMILES string of the molecule is CC(=O)OC[C@]1(OC(C)=O)CC2CC[C@@H](C1)[C@H]2S(=O)(=O)c1cc(C(=O)Nc2cc(F)c(F)c(F)c2)ccc1Cl. The minimum Gasteiger partial charge on any atom is -0.462 e. The van der Waals surface area contributed by atoms with Crippen LogP contribution in [0.4, 0.5) is 18.9 Å². The average molecular weight is 588 g/mol. The number of carbonyl (C=O) groups is 3. The van der Waals surface area contributed by atoms with Crippen LogP contribution in [0.2, 0.25) is 5.02 Å². The van der Waals surface area contributed by atoms with E-state index in [9.17, 15) is 36.0 Å². The number of sulfone groups is 1. The summed E-state index contributed by atoms with van der Waals surface area (Å²) in [4.78, 5) is 35.7. The maximum absolute atomic E-state index is 13.9. The van der Waals surface area contributed by atoms with E-state index in [0.29, 0.717) is 25.0 Å². The van der Waals surface area contributed by atoms with E-state index >= 15 is 0 Å². The molecule has 4 rings (SSSR count). The van der Waals surface area contributed by atoms with E-state index in [-0.39, 0.29) is 40.6 Å². The van der Waals surface area contributed by atoms with Gasteiger partial charge in [-0.3, -0.25) is 14.4 Å². The van der Waals surface area contributed by atoms with Crippen molar-refractivity contribution >= 4 is 45.0 Å². The molecule has 0 heterocycles. The third-order valence-corrected chi connectivity index (χ3v) is 9.98. The highest BCUT2D eigenvalue weighted by molar-refractivity contribution is 7.92. The Hall–Kier alpha value is -3.12. The summed E-state index contributed by atoms with van der Waals surface area (Å²) in [5.74, 6) is -7.62. The summed E-state index contributed by atoms with van der Waals surface area (Å²) in [6, 6.07) is 4.73. The number of hydrogen-bond acceptors (Lipinski definition) is 7. The molecule has 0 aromatic heterocycles. The summed E-state index contributed by atoms with van der Waals surface area (Å²) in [7, 11) is -4.12. The molecule has 2 fully saturated rings. The molecule has 2 saturated carbocycles. The second-order valence-electron chi connectivity index (χ2n) is 9.93. The van der Waals surface area contributed by atoms with Crippen molar-refractivity contribution in [2.24, 2.45) is 11.8 Å². The molecular formula is C26H25ClF3NO7S. The molecule has 13 heteroatoms. The minimum atomic E-state index is -4.12. The van der Waals surface area contributed by atoms with Gasteiger partial charge in [-0.15, -0.1) is 0 Å². The number of nitrogens with one attached hydrogen (secondary N) is 1. The summed E-state index contributed by atoms with van der Waals surface area (Å²) in [5.41, 5.74) is -1.67. The van der Waals surface area contributed by atoms with Gasteiger partial charge in [0, 0.05) is 37.2 Å². The molecule has 210 valence electrons. The number of halogens is 4. The molecule has 39 heavy (non-hydrogen) atoms. The van der Waals surface area contributed by atoms with Crippen molar-refractivity contribution in [2.75, 3.05) is 11.9 Å². The van der Waals surface area contributed by atoms with Crippen LogP contribution in [-0.4, -0.2) is 43.7 Å². The topological polar surface area (TPSA) is 116 Å². The molecule has 0 saturated heterocycles. The second kappa shape index (κ2) is 10.8. The van der Waals surface area contributed by atoms with Crippen molar-refractivity contribution in [3.8, 4) is 0 Å². The van der Waals surface area contributed by atoms with Gasteiger partial charge in [-0.1, -0.05) is 11.6 Å². The van der Waals surface area contributed by atoms with Gasteiger partial charge < -0.3 is 14.8 Å². The Morgan fingerprint density at radius 3 is 2.13 bits per heavy atom. The van der Waals surface area contributed by atoms with Gasteiger partial charge in [0.2, 0.25) is 0 Å². The van der Waals surface area contributed by atoms with Gasteiger partial charge >= 0.3 is 11.9 Å². The van der Waals surface area contributed by atoms with Crippen molar-refractivity contribution in [3.63, 3.8) is 0 Å². The Morgan fingerprint density at radius 2 is 1.59 bits per heavy atom. The number of fused-ring (bicyclic) bond motifs is 2. The third kappa shape index (κ3) is 5.91. The third-order valence-electron chi connectivity index (χ3n) is 7.10. The van der Waals surface area contributed by atoms with Gasteiger partial charge in [-0.05, 0) is 55.7 Å². The first-order valence-electron chi connectivity index (χ1n) is 12.0. The number of amides is 1. The van der Waals surface area contributed by atoms with E-state index in [1.54, 1.807) is 0 Å². The summed E-state index contributed by atoms with van der Waals surface area (Å²) in [5, 5.41) is 1.20. The molecule has 2 aliphatic rings. The Morgan fingerprint density at radius 1 is 1.00 bits per heavy atom. The number of benzene rings is 2. The summed E-state index contributed by atoms with van der Waals surface area (Å²) in [6.45, 7) is 2.26. The van der Waals surface area contributed by atoms with Gasteiger partial charge in [0.15, 0.2) is 27.3 Å². The summed E-state index contributed by atoms with van der Waals surface area (Å²) >= 11 is 6.27. The van der Waals surface area contributed by atoms with Crippen LogP contribution in [0.25, 0.3) is 0 Å². The molecule has 2 aromatic rings. The van der Waals surface area contributed by atoms with Crippen LogP contribution in [0.5, 0.6) is 0 Å². The molecule has 2 aromatic carbocycles. The molecule has 1 N–H and O–H groups in total. The lowest BCUT2D eigenvalue weighted by Crippen LogP contribution is -2.51. The fourth-order valence-corrected chi connectivity index (χ4v) is 8.58. The van der Waals surface area contributed by atoms with Crippen LogP contribution in [0, 0.1) is 29.3 Å². The van der Waals surface area contributed by atoms with Gasteiger partial charge in [0.05, 0.1) is 15.2 Å². The van der Waals surface area contributed by atoms with E-state index in [1.165, 1.54) is 26.0 Å². The average Bonchev–Trinajstić information content (AvgIpc) is 3.14.